The number of fused-ring (bicyclic) bond motifs is 6. The fourth-order valence-corrected chi connectivity index (χ4v) is 6.16. The molecule has 1 aliphatic heterocycles. The number of hydrazine groups is 2. The second-order valence-corrected chi connectivity index (χ2v) is 10.4. The van der Waals surface area contributed by atoms with Gasteiger partial charge in [-0.05, 0) is 97.0 Å². The molecule has 0 atom stereocenters. The molecular weight excluding hydrogens is 406 g/mol. The van der Waals surface area contributed by atoms with Crippen molar-refractivity contribution in [1.29, 1.82) is 0 Å². The third-order valence-electron chi connectivity index (χ3n) is 6.82. The molecule has 2 N–H and O–H groups in total. The number of benzene rings is 6. The predicted molar refractivity (Wildman–Crippen MR) is 141 cm³/mol. The van der Waals surface area contributed by atoms with Crippen LogP contribution in [-0.4, -0.2) is 16.2 Å². The van der Waals surface area contributed by atoms with Crippen LogP contribution < -0.4 is 15.6 Å². The zero-order valence-corrected chi connectivity index (χ0v) is 19.1. The lowest BCUT2D eigenvalue weighted by molar-refractivity contribution is 0.590. The molecule has 7 rings (SSSR count). The Morgan fingerprint density at radius 1 is 0.562 bits per heavy atom. The maximum atomic E-state index is 3.41. The lowest BCUT2D eigenvalue weighted by Crippen LogP contribution is -2.54. The highest BCUT2D eigenvalue weighted by molar-refractivity contribution is 6.32. The first kappa shape index (κ1) is 18.2. The smallest absolute Gasteiger partial charge is 0.114 e. The molecule has 6 aromatic rings. The minimum Gasteiger partial charge on any atom is -0.295 e. The summed E-state index contributed by atoms with van der Waals surface area (Å²) in [6, 6.07) is 35.1. The van der Waals surface area contributed by atoms with E-state index in [-0.39, 0.29) is 9.68 Å². The Labute approximate surface area is 188 Å². The summed E-state index contributed by atoms with van der Waals surface area (Å²) in [6.07, 6.45) is 0. The Balaban J connectivity index is 1.53. The van der Waals surface area contributed by atoms with Gasteiger partial charge in [0.05, 0.1) is 5.69 Å². The number of nitrogens with zero attached hydrogens (tertiary/aromatic N) is 1. The summed E-state index contributed by atoms with van der Waals surface area (Å²) < 4.78 is 0. The molecule has 0 saturated carbocycles. The maximum Gasteiger partial charge on any atom is 0.114 e. The summed E-state index contributed by atoms with van der Waals surface area (Å²) in [7, 11) is -0.179. The third-order valence-corrected chi connectivity index (χ3v) is 7.90. The molecule has 1 heterocycles. The summed E-state index contributed by atoms with van der Waals surface area (Å²) in [5, 5.41) is 18.6. The van der Waals surface area contributed by atoms with Crippen molar-refractivity contribution in [3.05, 3.63) is 91.0 Å². The van der Waals surface area contributed by atoms with E-state index in [9.17, 15) is 0 Å². The van der Waals surface area contributed by atoms with Gasteiger partial charge in [0.15, 0.2) is 0 Å². The molecule has 0 aliphatic carbocycles. The van der Waals surface area contributed by atoms with E-state index in [2.05, 4.69) is 107 Å². The summed E-state index contributed by atoms with van der Waals surface area (Å²) in [6.45, 7) is 1.06. The van der Waals surface area contributed by atoms with Gasteiger partial charge in [0, 0.05) is 11.9 Å². The zero-order valence-electron chi connectivity index (χ0n) is 17.7. The second-order valence-electron chi connectivity index (χ2n) is 8.80. The van der Waals surface area contributed by atoms with Crippen LogP contribution in [0.1, 0.15) is 0 Å². The first-order chi connectivity index (χ1) is 15.8. The van der Waals surface area contributed by atoms with Gasteiger partial charge in [-0.15, -0.1) is 0 Å². The van der Waals surface area contributed by atoms with Crippen molar-refractivity contribution in [2.75, 3.05) is 11.6 Å². The molecule has 6 aromatic carbocycles. The monoisotopic (exact) mass is 429 g/mol. The van der Waals surface area contributed by atoms with Crippen LogP contribution in [0.4, 0.5) is 5.69 Å². The van der Waals surface area contributed by atoms with Crippen molar-refractivity contribution >= 4 is 69.2 Å². The van der Waals surface area contributed by atoms with Gasteiger partial charge in [0.2, 0.25) is 0 Å². The SMILES string of the molecule is c1ccc2cc3cc4c(ccc5cc6cccc(N7CC[SiH2]NN7)c6cc54)cc3cc2c1. The van der Waals surface area contributed by atoms with Crippen LogP contribution in [0.5, 0.6) is 0 Å². The van der Waals surface area contributed by atoms with Crippen LogP contribution in [0.15, 0.2) is 91.0 Å². The normalized spacial score (nSPS) is 15.6. The molecule has 0 unspecified atom stereocenters. The topological polar surface area (TPSA) is 27.3 Å². The van der Waals surface area contributed by atoms with Crippen LogP contribution in [-0.2, 0) is 0 Å². The number of anilines is 1. The summed E-state index contributed by atoms with van der Waals surface area (Å²) in [4.78, 5) is 0. The molecule has 0 bridgehead atoms. The maximum absolute atomic E-state index is 3.41. The van der Waals surface area contributed by atoms with Gasteiger partial charge >= 0.3 is 0 Å². The Morgan fingerprint density at radius 3 is 1.94 bits per heavy atom. The molecule has 1 saturated heterocycles. The number of hydrogen-bond acceptors (Lipinski definition) is 3. The molecule has 1 aliphatic rings. The molecular formula is C28H23N3Si. The molecule has 3 nitrogen and oxygen atoms in total. The predicted octanol–water partition coefficient (Wildman–Crippen LogP) is 5.78. The first-order valence-corrected chi connectivity index (χ1v) is 13.0. The van der Waals surface area contributed by atoms with Gasteiger partial charge in [0.1, 0.15) is 9.68 Å². The standard InChI is InChI=1S/C28H23N3Si/c1-2-5-19-13-24-16-25-22(15-23(24)12-18(19)4-1)9-8-21-14-20-6-3-7-28(27(20)17-26(21)25)31-10-11-32-30-29-31/h1-9,12-17,29-30H,10-11,32H2. The van der Waals surface area contributed by atoms with Gasteiger partial charge < -0.3 is 0 Å². The third kappa shape index (κ3) is 2.81. The van der Waals surface area contributed by atoms with Crippen molar-refractivity contribution in [2.45, 2.75) is 6.04 Å². The fraction of sp³-hybridized carbons (Fsp3) is 0.0714. The van der Waals surface area contributed by atoms with Crippen molar-refractivity contribution < 1.29 is 0 Å². The summed E-state index contributed by atoms with van der Waals surface area (Å²) in [5.41, 5.74) is 4.64. The number of rotatable bonds is 1. The molecule has 0 amide bonds. The van der Waals surface area contributed by atoms with Crippen molar-refractivity contribution in [1.82, 2.24) is 10.6 Å². The van der Waals surface area contributed by atoms with E-state index < -0.39 is 0 Å². The van der Waals surface area contributed by atoms with Crippen molar-refractivity contribution in [3.8, 4) is 0 Å². The largest absolute Gasteiger partial charge is 0.295 e. The summed E-state index contributed by atoms with van der Waals surface area (Å²) in [5.74, 6) is 0. The second kappa shape index (κ2) is 7.04. The van der Waals surface area contributed by atoms with Gasteiger partial charge in [0.25, 0.3) is 0 Å². The van der Waals surface area contributed by atoms with E-state index in [1.54, 1.807) is 0 Å². The van der Waals surface area contributed by atoms with E-state index in [1.165, 1.54) is 65.6 Å². The molecule has 4 heteroatoms. The minimum absolute atomic E-state index is 0.179. The van der Waals surface area contributed by atoms with E-state index >= 15 is 0 Å². The van der Waals surface area contributed by atoms with Crippen LogP contribution in [0, 0.1) is 0 Å². The summed E-state index contributed by atoms with van der Waals surface area (Å²) >= 11 is 0. The Kier molecular flexibility index (Phi) is 3.99. The van der Waals surface area contributed by atoms with Gasteiger partial charge in [-0.2, -0.15) is 5.53 Å². The molecule has 32 heavy (non-hydrogen) atoms. The number of nitrogens with one attached hydrogen (secondary N) is 2. The van der Waals surface area contributed by atoms with E-state index in [1.807, 2.05) is 0 Å². The van der Waals surface area contributed by atoms with Gasteiger partial charge in [-0.25, -0.2) is 0 Å². The average molecular weight is 430 g/mol. The Bertz CT molecular complexity index is 1670. The fourth-order valence-electron chi connectivity index (χ4n) is 5.21. The lowest BCUT2D eigenvalue weighted by Gasteiger charge is -2.31. The average Bonchev–Trinajstić information content (AvgIpc) is 2.85. The van der Waals surface area contributed by atoms with E-state index in [4.69, 9.17) is 0 Å². The van der Waals surface area contributed by atoms with Crippen LogP contribution in [0.3, 0.4) is 0 Å². The highest BCUT2D eigenvalue weighted by Gasteiger charge is 2.14. The highest BCUT2D eigenvalue weighted by atomic mass is 28.2. The molecule has 154 valence electrons. The Hall–Kier alpha value is -3.44. The molecule has 0 radical (unpaired) electrons. The Morgan fingerprint density at radius 2 is 1.19 bits per heavy atom. The first-order valence-electron chi connectivity index (χ1n) is 11.3. The molecule has 0 aromatic heterocycles. The van der Waals surface area contributed by atoms with Crippen LogP contribution in [0.2, 0.25) is 6.04 Å². The molecule has 1 fully saturated rings. The lowest BCUT2D eigenvalue weighted by atomic mass is 9.94. The van der Waals surface area contributed by atoms with E-state index in [0.717, 1.165) is 6.54 Å². The quantitative estimate of drug-likeness (QED) is 0.197. The van der Waals surface area contributed by atoms with Crippen LogP contribution >= 0.6 is 0 Å². The highest BCUT2D eigenvalue weighted by Crippen LogP contribution is 2.36. The van der Waals surface area contributed by atoms with Crippen LogP contribution in [0.25, 0.3) is 53.9 Å². The zero-order chi connectivity index (χ0) is 21.1. The van der Waals surface area contributed by atoms with Crippen molar-refractivity contribution in [2.24, 2.45) is 0 Å². The van der Waals surface area contributed by atoms with E-state index in [0.29, 0.717) is 0 Å². The number of hydrogen-bond donors (Lipinski definition) is 2. The van der Waals surface area contributed by atoms with Crippen molar-refractivity contribution in [3.63, 3.8) is 0 Å². The minimum atomic E-state index is -0.179. The van der Waals surface area contributed by atoms with Gasteiger partial charge in [-0.1, -0.05) is 48.5 Å². The molecule has 0 spiro atoms. The van der Waals surface area contributed by atoms with Gasteiger partial charge in [-0.3, -0.25) is 10.1 Å².